The van der Waals surface area contributed by atoms with Crippen LogP contribution >= 0.6 is 0 Å². The van der Waals surface area contributed by atoms with Gasteiger partial charge in [-0.2, -0.15) is 0 Å². The van der Waals surface area contributed by atoms with Crippen molar-refractivity contribution in [2.45, 2.75) is 13.5 Å². The van der Waals surface area contributed by atoms with E-state index in [2.05, 4.69) is 4.98 Å². The largest absolute Gasteiger partial charge is 0.506 e. The SMILES string of the molecule is CCn1cnc2cccc(O)c21. The fraction of sp³-hybridized carbons (Fsp3) is 0.222. The molecule has 0 saturated carbocycles. The van der Waals surface area contributed by atoms with Crippen molar-refractivity contribution in [3.05, 3.63) is 24.5 Å². The summed E-state index contributed by atoms with van der Waals surface area (Å²) in [5.74, 6) is 0.298. The normalized spacial score (nSPS) is 10.8. The highest BCUT2D eigenvalue weighted by atomic mass is 16.3. The van der Waals surface area contributed by atoms with Gasteiger partial charge in [0.1, 0.15) is 11.3 Å². The summed E-state index contributed by atoms with van der Waals surface area (Å²) in [6.45, 7) is 2.85. The minimum Gasteiger partial charge on any atom is -0.506 e. The minimum atomic E-state index is 0.298. The molecule has 0 bridgehead atoms. The lowest BCUT2D eigenvalue weighted by atomic mass is 10.3. The van der Waals surface area contributed by atoms with Crippen LogP contribution in [0.5, 0.6) is 5.75 Å². The molecular weight excluding hydrogens is 152 g/mol. The number of rotatable bonds is 1. The van der Waals surface area contributed by atoms with Gasteiger partial charge < -0.3 is 9.67 Å². The van der Waals surface area contributed by atoms with Crippen molar-refractivity contribution in [2.75, 3.05) is 0 Å². The lowest BCUT2D eigenvalue weighted by Crippen LogP contribution is -1.90. The highest BCUT2D eigenvalue weighted by molar-refractivity contribution is 5.81. The van der Waals surface area contributed by atoms with E-state index in [0.717, 1.165) is 17.6 Å². The molecule has 62 valence electrons. The average molecular weight is 162 g/mol. The third-order valence-electron chi connectivity index (χ3n) is 1.96. The zero-order chi connectivity index (χ0) is 8.55. The molecule has 1 aromatic heterocycles. The number of phenolic OH excluding ortho intramolecular Hbond substituents is 1. The van der Waals surface area contributed by atoms with Gasteiger partial charge in [0.25, 0.3) is 0 Å². The monoisotopic (exact) mass is 162 g/mol. The smallest absolute Gasteiger partial charge is 0.141 e. The second-order valence-corrected chi connectivity index (χ2v) is 2.68. The van der Waals surface area contributed by atoms with Crippen molar-refractivity contribution in [3.63, 3.8) is 0 Å². The van der Waals surface area contributed by atoms with Crippen LogP contribution in [0.3, 0.4) is 0 Å². The van der Waals surface area contributed by atoms with Gasteiger partial charge in [-0.05, 0) is 19.1 Å². The van der Waals surface area contributed by atoms with E-state index in [9.17, 15) is 5.11 Å². The Morgan fingerprint density at radius 1 is 1.50 bits per heavy atom. The summed E-state index contributed by atoms with van der Waals surface area (Å²) in [4.78, 5) is 4.15. The Bertz CT molecular complexity index is 406. The van der Waals surface area contributed by atoms with Crippen LogP contribution in [0.2, 0.25) is 0 Å². The van der Waals surface area contributed by atoms with Gasteiger partial charge in [0.05, 0.1) is 11.8 Å². The summed E-state index contributed by atoms with van der Waals surface area (Å²) >= 11 is 0. The first-order chi connectivity index (χ1) is 5.83. The number of para-hydroxylation sites is 1. The number of nitrogens with zero attached hydrogens (tertiary/aromatic N) is 2. The third-order valence-corrected chi connectivity index (χ3v) is 1.96. The Morgan fingerprint density at radius 3 is 3.08 bits per heavy atom. The average Bonchev–Trinajstić information content (AvgIpc) is 2.49. The Balaban J connectivity index is 2.83. The number of hydrogen-bond donors (Lipinski definition) is 1. The van der Waals surface area contributed by atoms with E-state index in [4.69, 9.17) is 0 Å². The van der Waals surface area contributed by atoms with E-state index in [-0.39, 0.29) is 0 Å². The Morgan fingerprint density at radius 2 is 2.33 bits per heavy atom. The molecule has 2 aromatic rings. The second kappa shape index (κ2) is 2.52. The van der Waals surface area contributed by atoms with E-state index in [1.165, 1.54) is 0 Å². The number of aryl methyl sites for hydroxylation is 1. The highest BCUT2D eigenvalue weighted by Gasteiger charge is 2.04. The van der Waals surface area contributed by atoms with Crippen LogP contribution in [-0.2, 0) is 6.54 Å². The molecule has 0 saturated heterocycles. The number of imidazole rings is 1. The standard InChI is InChI=1S/C9H10N2O/c1-2-11-6-10-7-4-3-5-8(12)9(7)11/h3-6,12H,2H2,1H3. The molecule has 0 spiro atoms. The predicted octanol–water partition coefficient (Wildman–Crippen LogP) is 1.76. The van der Waals surface area contributed by atoms with Gasteiger partial charge in [0.2, 0.25) is 0 Å². The van der Waals surface area contributed by atoms with Crippen LogP contribution in [0.15, 0.2) is 24.5 Å². The van der Waals surface area contributed by atoms with Gasteiger partial charge in [-0.25, -0.2) is 4.98 Å². The molecule has 3 heteroatoms. The van der Waals surface area contributed by atoms with Crippen LogP contribution in [0.25, 0.3) is 11.0 Å². The highest BCUT2D eigenvalue weighted by Crippen LogP contribution is 2.22. The number of benzene rings is 1. The van der Waals surface area contributed by atoms with Crippen LogP contribution in [0.4, 0.5) is 0 Å². The van der Waals surface area contributed by atoms with Crippen molar-refractivity contribution in [1.29, 1.82) is 0 Å². The van der Waals surface area contributed by atoms with Crippen LogP contribution in [0.1, 0.15) is 6.92 Å². The summed E-state index contributed by atoms with van der Waals surface area (Å²) in [7, 11) is 0. The van der Waals surface area contributed by atoms with Crippen molar-refractivity contribution < 1.29 is 5.11 Å². The molecule has 0 radical (unpaired) electrons. The second-order valence-electron chi connectivity index (χ2n) is 2.68. The first kappa shape index (κ1) is 7.16. The van der Waals surface area contributed by atoms with E-state index in [0.29, 0.717) is 5.75 Å². The quantitative estimate of drug-likeness (QED) is 0.693. The van der Waals surface area contributed by atoms with E-state index in [1.807, 2.05) is 17.6 Å². The molecule has 1 aromatic carbocycles. The third kappa shape index (κ3) is 0.863. The fourth-order valence-corrected chi connectivity index (χ4v) is 1.35. The van der Waals surface area contributed by atoms with Gasteiger partial charge in [0, 0.05) is 6.54 Å². The van der Waals surface area contributed by atoms with Crippen LogP contribution in [-0.4, -0.2) is 14.7 Å². The Hall–Kier alpha value is -1.51. The van der Waals surface area contributed by atoms with Gasteiger partial charge >= 0.3 is 0 Å². The van der Waals surface area contributed by atoms with Crippen LogP contribution < -0.4 is 0 Å². The molecule has 0 aliphatic rings. The first-order valence-electron chi connectivity index (χ1n) is 3.95. The molecule has 0 atom stereocenters. The van der Waals surface area contributed by atoms with Crippen molar-refractivity contribution in [1.82, 2.24) is 9.55 Å². The molecule has 1 heterocycles. The summed E-state index contributed by atoms with van der Waals surface area (Å²) < 4.78 is 1.92. The summed E-state index contributed by atoms with van der Waals surface area (Å²) in [5, 5.41) is 9.51. The molecule has 0 aliphatic carbocycles. The van der Waals surface area contributed by atoms with Crippen LogP contribution in [0, 0.1) is 0 Å². The maximum absolute atomic E-state index is 9.51. The van der Waals surface area contributed by atoms with Gasteiger partial charge in [0.15, 0.2) is 0 Å². The molecule has 1 N–H and O–H groups in total. The fourth-order valence-electron chi connectivity index (χ4n) is 1.35. The molecule has 0 unspecified atom stereocenters. The number of aromatic hydroxyl groups is 1. The predicted molar refractivity (Wildman–Crippen MR) is 47.1 cm³/mol. The van der Waals surface area contributed by atoms with E-state index in [1.54, 1.807) is 18.5 Å². The first-order valence-corrected chi connectivity index (χ1v) is 3.95. The molecule has 0 amide bonds. The van der Waals surface area contributed by atoms with Gasteiger partial charge in [-0.1, -0.05) is 6.07 Å². The zero-order valence-corrected chi connectivity index (χ0v) is 6.86. The van der Waals surface area contributed by atoms with Gasteiger partial charge in [-0.15, -0.1) is 0 Å². The zero-order valence-electron chi connectivity index (χ0n) is 6.86. The molecular formula is C9H10N2O. The summed E-state index contributed by atoms with van der Waals surface area (Å²) in [6.07, 6.45) is 1.74. The molecule has 12 heavy (non-hydrogen) atoms. The maximum Gasteiger partial charge on any atom is 0.141 e. The Kier molecular flexibility index (Phi) is 1.50. The van der Waals surface area contributed by atoms with E-state index < -0.39 is 0 Å². The maximum atomic E-state index is 9.51. The lowest BCUT2D eigenvalue weighted by Gasteiger charge is -1.99. The lowest BCUT2D eigenvalue weighted by molar-refractivity contribution is 0.478. The molecule has 0 aliphatic heterocycles. The molecule has 3 nitrogen and oxygen atoms in total. The number of fused-ring (bicyclic) bond motifs is 1. The summed E-state index contributed by atoms with van der Waals surface area (Å²) in [5.41, 5.74) is 1.66. The molecule has 0 fully saturated rings. The topological polar surface area (TPSA) is 38.0 Å². The summed E-state index contributed by atoms with van der Waals surface area (Å²) in [6, 6.07) is 5.36. The number of phenols is 1. The van der Waals surface area contributed by atoms with Gasteiger partial charge in [-0.3, -0.25) is 0 Å². The van der Waals surface area contributed by atoms with Crippen molar-refractivity contribution >= 4 is 11.0 Å². The van der Waals surface area contributed by atoms with Crippen molar-refractivity contribution in [3.8, 4) is 5.75 Å². The number of aromatic nitrogens is 2. The minimum absolute atomic E-state index is 0.298. The van der Waals surface area contributed by atoms with Crippen molar-refractivity contribution in [2.24, 2.45) is 0 Å². The Labute approximate surface area is 70.3 Å². The molecule has 2 rings (SSSR count). The van der Waals surface area contributed by atoms with E-state index >= 15 is 0 Å². The number of hydrogen-bond acceptors (Lipinski definition) is 2.